The lowest BCUT2D eigenvalue weighted by atomic mass is 9.99. The lowest BCUT2D eigenvalue weighted by molar-refractivity contribution is 0.0969. The highest BCUT2D eigenvalue weighted by Gasteiger charge is 2.37. The van der Waals surface area contributed by atoms with Gasteiger partial charge in [-0.25, -0.2) is 16.8 Å². The molecular weight excluding hydrogens is 976 g/mol. The summed E-state index contributed by atoms with van der Waals surface area (Å²) in [5.41, 5.74) is 11.6. The van der Waals surface area contributed by atoms with Gasteiger partial charge in [-0.15, -0.1) is 0 Å². The molecule has 6 aromatic carbocycles. The number of anilines is 4. The maximum absolute atomic E-state index is 13.8. The SMILES string of the molecule is C.C.CS(=O)(=O)N1Cc2ccccc2N(C(=O)c2ccc(N)cc2Cl)C[C@H]1CO.CS(=O)(=O)N1Cc2ccccc2N(C(=O)c2ccc(NC(=O)c3ccccc3-c3ccccc3)cc2Cl)C[C@H]1CO. The Bertz CT molecular complexity index is 3090. The van der Waals surface area contributed by atoms with E-state index in [-0.39, 0.29) is 74.0 Å². The van der Waals surface area contributed by atoms with Crippen LogP contribution in [-0.4, -0.2) is 104 Å². The van der Waals surface area contributed by atoms with Crippen LogP contribution in [0.5, 0.6) is 0 Å². The van der Waals surface area contributed by atoms with Crippen molar-refractivity contribution in [2.75, 3.05) is 59.7 Å². The molecule has 0 saturated carbocycles. The Morgan fingerprint density at radius 3 is 1.51 bits per heavy atom. The normalized spacial score (nSPS) is 16.1. The van der Waals surface area contributed by atoms with Crippen LogP contribution in [0.3, 0.4) is 0 Å². The maximum atomic E-state index is 13.8. The van der Waals surface area contributed by atoms with E-state index in [0.29, 0.717) is 39.4 Å². The zero-order chi connectivity index (χ0) is 48.9. The summed E-state index contributed by atoms with van der Waals surface area (Å²) in [6.07, 6.45) is 2.17. The van der Waals surface area contributed by atoms with Gasteiger partial charge in [-0.3, -0.25) is 14.4 Å². The van der Waals surface area contributed by atoms with Gasteiger partial charge in [-0.1, -0.05) is 123 Å². The highest BCUT2D eigenvalue weighted by atomic mass is 35.5. The summed E-state index contributed by atoms with van der Waals surface area (Å²) in [6, 6.07) is 38.6. The number of benzene rings is 6. The molecule has 0 fully saturated rings. The molecule has 0 spiro atoms. The molecule has 2 atom stereocenters. The number of nitrogen functional groups attached to an aromatic ring is 1. The third-order valence-electron chi connectivity index (χ3n) is 11.5. The number of nitrogens with zero attached hydrogens (tertiary/aromatic N) is 4. The molecule has 0 aliphatic carbocycles. The topological polar surface area (TPSA) is 211 Å². The van der Waals surface area contributed by atoms with Crippen LogP contribution in [0, 0.1) is 0 Å². The van der Waals surface area contributed by atoms with E-state index in [1.807, 2.05) is 42.5 Å². The number of nitrogens with one attached hydrogen (secondary N) is 1. The molecule has 19 heteroatoms. The molecule has 0 saturated heterocycles. The lowest BCUT2D eigenvalue weighted by Gasteiger charge is -2.29. The van der Waals surface area contributed by atoms with Crippen molar-refractivity contribution >= 4 is 83.7 Å². The van der Waals surface area contributed by atoms with Crippen LogP contribution in [0.1, 0.15) is 57.1 Å². The van der Waals surface area contributed by atoms with Crippen molar-refractivity contribution in [3.05, 3.63) is 177 Å². The van der Waals surface area contributed by atoms with Gasteiger partial charge in [0, 0.05) is 54.5 Å². The molecule has 0 unspecified atom stereocenters. The minimum Gasteiger partial charge on any atom is -0.399 e. The van der Waals surface area contributed by atoms with E-state index < -0.39 is 51.3 Å². The Labute approximate surface area is 419 Å². The summed E-state index contributed by atoms with van der Waals surface area (Å²) < 4.78 is 51.9. The van der Waals surface area contributed by atoms with Crippen LogP contribution < -0.4 is 20.9 Å². The number of amides is 3. The van der Waals surface area contributed by atoms with Crippen molar-refractivity contribution in [1.82, 2.24) is 8.61 Å². The number of nitrogens with two attached hydrogens (primary N) is 1. The number of hydrogen-bond donors (Lipinski definition) is 4. The van der Waals surface area contributed by atoms with E-state index in [0.717, 1.165) is 23.6 Å². The third-order valence-corrected chi connectivity index (χ3v) is 14.7. The Morgan fingerprint density at radius 1 is 0.600 bits per heavy atom. The number of halogens is 2. The summed E-state index contributed by atoms with van der Waals surface area (Å²) in [5, 5.41) is 23.0. The quantitative estimate of drug-likeness (QED) is 0.102. The van der Waals surface area contributed by atoms with Crippen LogP contribution in [0.2, 0.25) is 10.0 Å². The molecule has 370 valence electrons. The van der Waals surface area contributed by atoms with Crippen LogP contribution in [0.4, 0.5) is 22.7 Å². The molecule has 8 rings (SSSR count). The van der Waals surface area contributed by atoms with E-state index >= 15 is 0 Å². The second kappa shape index (κ2) is 23.2. The monoisotopic (exact) mass is 1030 g/mol. The molecule has 0 aromatic heterocycles. The van der Waals surface area contributed by atoms with Gasteiger partial charge >= 0.3 is 0 Å². The smallest absolute Gasteiger partial charge is 0.259 e. The molecular formula is C51H56Cl2N6O9S2. The Hall–Kier alpha value is -6.15. The number of carbonyl (C=O) groups excluding carboxylic acids is 3. The highest BCUT2D eigenvalue weighted by Crippen LogP contribution is 2.34. The Balaban J connectivity index is 0.000000275. The van der Waals surface area contributed by atoms with Crippen molar-refractivity contribution in [3.63, 3.8) is 0 Å². The molecule has 70 heavy (non-hydrogen) atoms. The molecule has 2 aliphatic rings. The van der Waals surface area contributed by atoms with Crippen molar-refractivity contribution in [3.8, 4) is 11.1 Å². The molecule has 5 N–H and O–H groups in total. The number of rotatable bonds is 9. The molecule has 6 aromatic rings. The molecule has 2 aliphatic heterocycles. The predicted octanol–water partition coefficient (Wildman–Crippen LogP) is 8.02. The molecule has 0 radical (unpaired) electrons. The number of hydrogen-bond acceptors (Lipinski definition) is 10. The fourth-order valence-electron chi connectivity index (χ4n) is 8.18. The second-order valence-electron chi connectivity index (χ2n) is 16.2. The fourth-order valence-corrected chi connectivity index (χ4v) is 10.8. The van der Waals surface area contributed by atoms with E-state index in [4.69, 9.17) is 28.9 Å². The van der Waals surface area contributed by atoms with Gasteiger partial charge in [0.15, 0.2) is 0 Å². The second-order valence-corrected chi connectivity index (χ2v) is 20.9. The van der Waals surface area contributed by atoms with Crippen molar-refractivity contribution in [1.29, 1.82) is 0 Å². The predicted molar refractivity (Wildman–Crippen MR) is 279 cm³/mol. The average molecular weight is 1030 g/mol. The van der Waals surface area contributed by atoms with Gasteiger partial charge in [-0.05, 0) is 76.9 Å². The van der Waals surface area contributed by atoms with Crippen LogP contribution in [-0.2, 0) is 33.1 Å². The number of sulfonamides is 2. The van der Waals surface area contributed by atoms with Crippen LogP contribution in [0.15, 0.2) is 140 Å². The largest absolute Gasteiger partial charge is 0.399 e. The van der Waals surface area contributed by atoms with Gasteiger partial charge in [0.05, 0.1) is 59.0 Å². The zero-order valence-electron chi connectivity index (χ0n) is 36.9. The van der Waals surface area contributed by atoms with Gasteiger partial charge in [-0.2, -0.15) is 8.61 Å². The summed E-state index contributed by atoms with van der Waals surface area (Å²) in [6.45, 7) is -0.856. The molecule has 15 nitrogen and oxygen atoms in total. The number of para-hydroxylation sites is 2. The Morgan fingerprint density at radius 2 is 1.04 bits per heavy atom. The summed E-state index contributed by atoms with van der Waals surface area (Å²) in [7, 11) is -7.26. The standard InChI is InChI=1S/C31H28ClN3O5S.C18H20ClN3O4S.2CH4/c1-41(39,40)35-18-22-11-5-8-14-29(22)34(19-24(35)20-36)31(38)27-16-15-23(17-28(27)32)33-30(37)26-13-7-6-12-25(26)21-9-3-2-4-10-21;1-27(25,26)22-9-12-4-2-3-5-17(12)21(10-14(22)11-23)18(24)15-7-6-13(20)8-16(15)19;;/h2-17,24,36H,18-20H2,1H3,(H,33,37);2-8,14,23H,9-11,20H2,1H3;2*1H4/t24-;14-;;/m00../s1. The fraction of sp³-hybridized carbons (Fsp3) is 0.235. The van der Waals surface area contributed by atoms with E-state index in [2.05, 4.69) is 5.32 Å². The van der Waals surface area contributed by atoms with Crippen molar-refractivity contribution < 1.29 is 41.4 Å². The first-order valence-corrected chi connectivity index (χ1v) is 25.6. The van der Waals surface area contributed by atoms with Gasteiger partial charge in [0.2, 0.25) is 20.0 Å². The van der Waals surface area contributed by atoms with Crippen LogP contribution >= 0.6 is 23.2 Å². The number of fused-ring (bicyclic) bond motifs is 2. The average Bonchev–Trinajstić information content (AvgIpc) is 3.61. The molecule has 0 bridgehead atoms. The first-order valence-electron chi connectivity index (χ1n) is 21.1. The van der Waals surface area contributed by atoms with Crippen LogP contribution in [0.25, 0.3) is 11.1 Å². The van der Waals surface area contributed by atoms with Crippen molar-refractivity contribution in [2.45, 2.75) is 40.0 Å². The molecule has 2 heterocycles. The number of aliphatic hydroxyl groups is 2. The van der Waals surface area contributed by atoms with E-state index in [9.17, 15) is 41.4 Å². The number of carbonyl (C=O) groups is 3. The number of aliphatic hydroxyl groups excluding tert-OH is 2. The van der Waals surface area contributed by atoms with Gasteiger partial charge in [0.25, 0.3) is 17.7 Å². The zero-order valence-corrected chi connectivity index (χ0v) is 40.0. The maximum Gasteiger partial charge on any atom is 0.259 e. The minimum atomic E-state index is -3.67. The summed E-state index contributed by atoms with van der Waals surface area (Å²) in [4.78, 5) is 43.2. The van der Waals surface area contributed by atoms with E-state index in [1.54, 1.807) is 72.8 Å². The summed E-state index contributed by atoms with van der Waals surface area (Å²) in [5.74, 6) is -1.17. The van der Waals surface area contributed by atoms with Gasteiger partial charge < -0.3 is 31.1 Å². The first kappa shape index (κ1) is 54.8. The third kappa shape index (κ3) is 12.2. The highest BCUT2D eigenvalue weighted by molar-refractivity contribution is 7.88. The Kier molecular flexibility index (Phi) is 18.1. The van der Waals surface area contributed by atoms with Gasteiger partial charge in [0.1, 0.15) is 0 Å². The van der Waals surface area contributed by atoms with E-state index in [1.165, 1.54) is 42.7 Å². The molecule has 3 amide bonds. The first-order chi connectivity index (χ1) is 32.4. The minimum absolute atomic E-state index is 0. The summed E-state index contributed by atoms with van der Waals surface area (Å²) >= 11 is 12.8. The lowest BCUT2D eigenvalue weighted by Crippen LogP contribution is -2.47. The van der Waals surface area contributed by atoms with Crippen molar-refractivity contribution in [2.24, 2.45) is 0 Å².